The summed E-state index contributed by atoms with van der Waals surface area (Å²) in [6.45, 7) is 5.81. The minimum Gasteiger partial charge on any atom is -0.489 e. The third kappa shape index (κ3) is 5.52. The maximum Gasteiger partial charge on any atom is 0.225 e. The van der Waals surface area contributed by atoms with E-state index in [-0.39, 0.29) is 40.7 Å². The summed E-state index contributed by atoms with van der Waals surface area (Å²) in [6.07, 6.45) is 5.30. The zero-order valence-corrected chi connectivity index (χ0v) is 20.1. The van der Waals surface area contributed by atoms with E-state index in [0.717, 1.165) is 38.5 Å². The molecule has 0 saturated heterocycles. The molecule has 0 radical (unpaired) electrons. The number of benzene rings is 1. The predicted octanol–water partition coefficient (Wildman–Crippen LogP) is 3.91. The van der Waals surface area contributed by atoms with Crippen molar-refractivity contribution in [3.63, 3.8) is 0 Å². The first-order chi connectivity index (χ1) is 14.9. The molecule has 178 valence electrons. The van der Waals surface area contributed by atoms with Gasteiger partial charge in [0.15, 0.2) is 9.84 Å². The average molecular weight is 467 g/mol. The van der Waals surface area contributed by atoms with Crippen LogP contribution in [0.15, 0.2) is 41.1 Å². The van der Waals surface area contributed by atoms with Crippen molar-refractivity contribution in [1.82, 2.24) is 5.32 Å². The molecule has 3 fully saturated rings. The average Bonchev–Trinajstić information content (AvgIpc) is 2.75. The van der Waals surface area contributed by atoms with Crippen molar-refractivity contribution in [3.8, 4) is 5.75 Å². The number of carbonyl (C=O) groups is 1. The van der Waals surface area contributed by atoms with Crippen LogP contribution in [0.1, 0.15) is 59.3 Å². The predicted molar refractivity (Wildman–Crippen MR) is 123 cm³/mol. The van der Waals surface area contributed by atoms with Gasteiger partial charge >= 0.3 is 0 Å². The Kier molecular flexibility index (Phi) is 7.05. The molecule has 0 aliphatic heterocycles. The zero-order chi connectivity index (χ0) is 23.6. The highest BCUT2D eigenvalue weighted by Crippen LogP contribution is 2.53. The molecule has 3 aliphatic rings. The lowest BCUT2D eigenvalue weighted by Gasteiger charge is -2.54. The van der Waals surface area contributed by atoms with E-state index in [0.29, 0.717) is 17.7 Å². The number of amides is 1. The van der Waals surface area contributed by atoms with Crippen molar-refractivity contribution < 1.29 is 22.3 Å². The third-order valence-electron chi connectivity index (χ3n) is 6.98. The van der Waals surface area contributed by atoms with Crippen molar-refractivity contribution in [2.24, 2.45) is 16.6 Å². The minimum absolute atomic E-state index is 0.0235. The molecule has 8 heteroatoms. The lowest BCUT2D eigenvalue weighted by Crippen LogP contribution is -2.59. The number of fused-ring (bicyclic) bond motifs is 3. The first kappa shape index (κ1) is 24.7. The summed E-state index contributed by atoms with van der Waals surface area (Å²) in [4.78, 5) is 12.8. The Bertz CT molecular complexity index is 940. The van der Waals surface area contributed by atoms with E-state index in [1.54, 1.807) is 24.3 Å². The van der Waals surface area contributed by atoms with Gasteiger partial charge in [-0.3, -0.25) is 4.79 Å². The summed E-state index contributed by atoms with van der Waals surface area (Å²) < 4.78 is 44.4. The molecule has 0 atom stereocenters. The molecule has 0 aromatic heterocycles. The van der Waals surface area contributed by atoms with Crippen molar-refractivity contribution in [2.75, 3.05) is 18.9 Å². The smallest absolute Gasteiger partial charge is 0.225 e. The van der Waals surface area contributed by atoms with Gasteiger partial charge in [0.1, 0.15) is 12.4 Å². The summed E-state index contributed by atoms with van der Waals surface area (Å²) in [5, 5.41) is 3.27. The van der Waals surface area contributed by atoms with Gasteiger partial charge in [0.2, 0.25) is 5.91 Å². The topological polar surface area (TPSA) is 98.5 Å². The van der Waals surface area contributed by atoms with E-state index in [1.165, 1.54) is 0 Å². The van der Waals surface area contributed by atoms with E-state index in [4.69, 9.17) is 10.5 Å². The summed E-state index contributed by atoms with van der Waals surface area (Å²) >= 11 is 0. The first-order valence-electron chi connectivity index (χ1n) is 11.2. The molecule has 3 saturated carbocycles. The van der Waals surface area contributed by atoms with Gasteiger partial charge in [0.25, 0.3) is 0 Å². The highest BCUT2D eigenvalue weighted by atomic mass is 32.2. The van der Waals surface area contributed by atoms with E-state index in [9.17, 15) is 17.6 Å². The molecule has 32 heavy (non-hydrogen) atoms. The Morgan fingerprint density at radius 1 is 1.12 bits per heavy atom. The number of nitrogens with two attached hydrogens (primary N) is 1. The zero-order valence-electron chi connectivity index (χ0n) is 19.2. The summed E-state index contributed by atoms with van der Waals surface area (Å²) in [7, 11) is -3.46. The highest BCUT2D eigenvalue weighted by Gasteiger charge is 2.51. The van der Waals surface area contributed by atoms with E-state index in [1.807, 2.05) is 20.8 Å². The number of halogens is 1. The fraction of sp³-hybridized carbons (Fsp3) is 0.625. The Hall–Kier alpha value is -1.93. The van der Waals surface area contributed by atoms with E-state index in [2.05, 4.69) is 5.32 Å². The van der Waals surface area contributed by atoms with Crippen LogP contribution in [0.25, 0.3) is 0 Å². The van der Waals surface area contributed by atoms with Crippen LogP contribution in [-0.2, 0) is 14.6 Å². The Balaban J connectivity index is 1.62. The molecular weight excluding hydrogens is 431 g/mol. The number of rotatable bonds is 8. The minimum atomic E-state index is -3.46. The van der Waals surface area contributed by atoms with Gasteiger partial charge in [-0.2, -0.15) is 0 Å². The van der Waals surface area contributed by atoms with Crippen molar-refractivity contribution in [1.29, 1.82) is 0 Å². The Morgan fingerprint density at radius 2 is 1.69 bits per heavy atom. The molecule has 4 rings (SSSR count). The number of hydrogen-bond acceptors (Lipinski definition) is 5. The molecule has 0 heterocycles. The summed E-state index contributed by atoms with van der Waals surface area (Å²) in [5.41, 5.74) is 4.88. The number of sulfone groups is 1. The monoisotopic (exact) mass is 466 g/mol. The van der Waals surface area contributed by atoms with Crippen LogP contribution in [-0.4, -0.2) is 38.8 Å². The number of hydrogen-bond donors (Lipinski definition) is 2. The molecule has 1 aromatic rings. The van der Waals surface area contributed by atoms with Crippen molar-refractivity contribution >= 4 is 15.7 Å². The lowest BCUT2D eigenvalue weighted by molar-refractivity contribution is -0.132. The molecule has 2 bridgehead atoms. The number of nitrogens with one attached hydrogen (secondary N) is 1. The van der Waals surface area contributed by atoms with Crippen LogP contribution in [0.3, 0.4) is 0 Å². The molecule has 0 unspecified atom stereocenters. The Labute approximate surface area is 190 Å². The fourth-order valence-corrected chi connectivity index (χ4v) is 6.59. The number of ether oxygens (including phenoxy) is 1. The molecule has 1 aromatic carbocycles. The van der Waals surface area contributed by atoms with Crippen LogP contribution in [0.4, 0.5) is 4.39 Å². The normalized spacial score (nSPS) is 26.1. The number of carbonyl (C=O) groups excluding carboxylic acids is 1. The third-order valence-corrected chi connectivity index (χ3v) is 8.96. The standard InChI is InChI=1S/C24H35FN2O4S/c1-22(2,3)21(28)27-24-11-8-23(9-12-24,10-13-24)17-32(29,30)20-6-4-19(5-7-20)31-16-18(14-25)15-26/h4-7,14H,8-13,15-17,26H2,1-3H3,(H,27,28)/b18-14-. The summed E-state index contributed by atoms with van der Waals surface area (Å²) in [5.74, 6) is 0.637. The Morgan fingerprint density at radius 3 is 2.16 bits per heavy atom. The second kappa shape index (κ2) is 9.14. The van der Waals surface area contributed by atoms with Crippen LogP contribution in [0.5, 0.6) is 5.75 Å². The fourth-order valence-electron chi connectivity index (χ4n) is 4.64. The second-order valence-electron chi connectivity index (χ2n) is 10.5. The van der Waals surface area contributed by atoms with Gasteiger partial charge in [-0.05, 0) is 68.2 Å². The van der Waals surface area contributed by atoms with Crippen LogP contribution < -0.4 is 15.8 Å². The summed E-state index contributed by atoms with van der Waals surface area (Å²) in [6, 6.07) is 6.27. The van der Waals surface area contributed by atoms with Crippen LogP contribution in [0, 0.1) is 10.8 Å². The molecule has 6 nitrogen and oxygen atoms in total. The van der Waals surface area contributed by atoms with Crippen molar-refractivity contribution in [2.45, 2.75) is 69.7 Å². The SMILES string of the molecule is CC(C)(C)C(=O)NC12CCC(CS(=O)(=O)c3ccc(OC/C(=C\F)CN)cc3)(CC1)CC2. The molecular formula is C24H35FN2O4S. The van der Waals surface area contributed by atoms with Gasteiger partial charge < -0.3 is 15.8 Å². The second-order valence-corrected chi connectivity index (χ2v) is 12.5. The van der Waals surface area contributed by atoms with Crippen molar-refractivity contribution in [3.05, 3.63) is 36.2 Å². The van der Waals surface area contributed by atoms with Gasteiger partial charge in [-0.25, -0.2) is 12.8 Å². The van der Waals surface area contributed by atoms with E-state index >= 15 is 0 Å². The molecule has 1 amide bonds. The van der Waals surface area contributed by atoms with Gasteiger partial charge in [-0.1, -0.05) is 20.8 Å². The van der Waals surface area contributed by atoms with Gasteiger partial charge in [-0.15, -0.1) is 0 Å². The quantitative estimate of drug-likeness (QED) is 0.605. The molecule has 3 aliphatic carbocycles. The van der Waals surface area contributed by atoms with Crippen LogP contribution in [0.2, 0.25) is 0 Å². The largest absolute Gasteiger partial charge is 0.489 e. The molecule has 0 spiro atoms. The van der Waals surface area contributed by atoms with E-state index < -0.39 is 15.3 Å². The maximum atomic E-state index is 13.2. The van der Waals surface area contributed by atoms with Gasteiger partial charge in [0, 0.05) is 23.1 Å². The molecule has 3 N–H and O–H groups in total. The lowest BCUT2D eigenvalue weighted by atomic mass is 9.58. The maximum absolute atomic E-state index is 13.2. The highest BCUT2D eigenvalue weighted by molar-refractivity contribution is 7.91. The van der Waals surface area contributed by atoms with Gasteiger partial charge in [0.05, 0.1) is 17.0 Å². The first-order valence-corrected chi connectivity index (χ1v) is 12.8. The van der Waals surface area contributed by atoms with Crippen LogP contribution >= 0.6 is 0 Å².